The molecule has 0 heterocycles. The molecule has 0 bridgehead atoms. The van der Waals surface area contributed by atoms with E-state index in [-0.39, 0.29) is 0 Å². The second kappa shape index (κ2) is 3.50. The van der Waals surface area contributed by atoms with Gasteiger partial charge in [0.15, 0.2) is 0 Å². The summed E-state index contributed by atoms with van der Waals surface area (Å²) in [5, 5.41) is 0. The van der Waals surface area contributed by atoms with E-state index in [0.717, 1.165) is 17.3 Å². The lowest BCUT2D eigenvalue weighted by Gasteiger charge is -2.57. The van der Waals surface area contributed by atoms with E-state index >= 15 is 0 Å². The quantitative estimate of drug-likeness (QED) is 0.523. The van der Waals surface area contributed by atoms with Gasteiger partial charge in [0.2, 0.25) is 0 Å². The molecule has 94 valence electrons. The standard InChI is InChI=1S/C16H30/c1-14(2,3)12-10-16(11-12)9-7-8-13(16)15(4,5)6/h12-13H,7-11H2,1-6H3. The maximum atomic E-state index is 2.45. The molecule has 1 atom stereocenters. The summed E-state index contributed by atoms with van der Waals surface area (Å²) >= 11 is 0. The molecule has 1 spiro atoms. The molecule has 0 nitrogen and oxygen atoms in total. The van der Waals surface area contributed by atoms with Crippen LogP contribution in [0.15, 0.2) is 0 Å². The van der Waals surface area contributed by atoms with Crippen LogP contribution in [-0.4, -0.2) is 0 Å². The molecule has 0 radical (unpaired) electrons. The van der Waals surface area contributed by atoms with Crippen molar-refractivity contribution in [2.75, 3.05) is 0 Å². The predicted molar refractivity (Wildman–Crippen MR) is 71.4 cm³/mol. The summed E-state index contributed by atoms with van der Waals surface area (Å²) in [6, 6.07) is 0. The highest BCUT2D eigenvalue weighted by molar-refractivity contribution is 5.06. The number of hydrogen-bond donors (Lipinski definition) is 0. The summed E-state index contributed by atoms with van der Waals surface area (Å²) in [6.45, 7) is 14.6. The molecular formula is C16H30. The SMILES string of the molecule is CC(C)(C)C1CC2(CCCC2C(C)(C)C)C1. The van der Waals surface area contributed by atoms with Crippen LogP contribution < -0.4 is 0 Å². The van der Waals surface area contributed by atoms with Gasteiger partial charge in [-0.25, -0.2) is 0 Å². The van der Waals surface area contributed by atoms with Gasteiger partial charge >= 0.3 is 0 Å². The van der Waals surface area contributed by atoms with E-state index in [1.54, 1.807) is 0 Å². The van der Waals surface area contributed by atoms with Crippen molar-refractivity contribution >= 4 is 0 Å². The van der Waals surface area contributed by atoms with E-state index in [0.29, 0.717) is 10.8 Å². The Bertz CT molecular complexity index is 255. The van der Waals surface area contributed by atoms with Crippen LogP contribution >= 0.6 is 0 Å². The van der Waals surface area contributed by atoms with Crippen LogP contribution in [0.5, 0.6) is 0 Å². The average molecular weight is 222 g/mol. The predicted octanol–water partition coefficient (Wildman–Crippen LogP) is 5.28. The first-order chi connectivity index (χ1) is 7.15. The minimum atomic E-state index is 0.527. The molecule has 0 saturated heterocycles. The fourth-order valence-corrected chi connectivity index (χ4v) is 4.51. The Hall–Kier alpha value is 0. The zero-order chi connectivity index (χ0) is 12.2. The average Bonchev–Trinajstić information content (AvgIpc) is 2.40. The van der Waals surface area contributed by atoms with Crippen LogP contribution in [0.1, 0.15) is 73.6 Å². The maximum Gasteiger partial charge on any atom is -0.0259 e. The summed E-state index contributed by atoms with van der Waals surface area (Å²) in [4.78, 5) is 0. The Balaban J connectivity index is 2.07. The minimum Gasteiger partial charge on any atom is -0.0599 e. The van der Waals surface area contributed by atoms with Crippen LogP contribution in [-0.2, 0) is 0 Å². The first-order valence-corrected chi connectivity index (χ1v) is 7.15. The van der Waals surface area contributed by atoms with Crippen molar-refractivity contribution in [3.63, 3.8) is 0 Å². The van der Waals surface area contributed by atoms with Crippen LogP contribution in [0.25, 0.3) is 0 Å². The molecule has 0 aromatic carbocycles. The highest BCUT2D eigenvalue weighted by Gasteiger charge is 2.56. The van der Waals surface area contributed by atoms with E-state index in [1.165, 1.54) is 32.1 Å². The van der Waals surface area contributed by atoms with Gasteiger partial charge in [0.05, 0.1) is 0 Å². The normalized spacial score (nSPS) is 40.1. The summed E-state index contributed by atoms with van der Waals surface area (Å²) in [7, 11) is 0. The number of rotatable bonds is 0. The molecule has 2 fully saturated rings. The van der Waals surface area contributed by atoms with Gasteiger partial charge < -0.3 is 0 Å². The third-order valence-electron chi connectivity index (χ3n) is 5.48. The van der Waals surface area contributed by atoms with Gasteiger partial charge in [0, 0.05) is 0 Å². The van der Waals surface area contributed by atoms with Crippen molar-refractivity contribution in [1.29, 1.82) is 0 Å². The van der Waals surface area contributed by atoms with Crippen molar-refractivity contribution in [2.45, 2.75) is 73.6 Å². The molecule has 0 amide bonds. The summed E-state index contributed by atoms with van der Waals surface area (Å²) < 4.78 is 0. The lowest BCUT2D eigenvalue weighted by atomic mass is 9.48. The Morgan fingerprint density at radius 1 is 0.875 bits per heavy atom. The Morgan fingerprint density at radius 2 is 1.44 bits per heavy atom. The van der Waals surface area contributed by atoms with E-state index in [2.05, 4.69) is 41.5 Å². The van der Waals surface area contributed by atoms with Crippen molar-refractivity contribution < 1.29 is 0 Å². The topological polar surface area (TPSA) is 0 Å². The van der Waals surface area contributed by atoms with Gasteiger partial charge in [-0.2, -0.15) is 0 Å². The first-order valence-electron chi connectivity index (χ1n) is 7.15. The molecule has 2 rings (SSSR count). The van der Waals surface area contributed by atoms with Gasteiger partial charge in [0.1, 0.15) is 0 Å². The molecule has 16 heavy (non-hydrogen) atoms. The second-order valence-electron chi connectivity index (χ2n) is 8.64. The fourth-order valence-electron chi connectivity index (χ4n) is 4.51. The highest BCUT2D eigenvalue weighted by Crippen LogP contribution is 2.66. The van der Waals surface area contributed by atoms with Gasteiger partial charge in [-0.3, -0.25) is 0 Å². The molecule has 2 aliphatic carbocycles. The van der Waals surface area contributed by atoms with E-state index in [1.807, 2.05) is 0 Å². The van der Waals surface area contributed by atoms with Crippen LogP contribution in [0.3, 0.4) is 0 Å². The van der Waals surface area contributed by atoms with Gasteiger partial charge in [0.25, 0.3) is 0 Å². The van der Waals surface area contributed by atoms with Crippen LogP contribution in [0.4, 0.5) is 0 Å². The molecule has 0 aliphatic heterocycles. The Morgan fingerprint density at radius 3 is 1.88 bits per heavy atom. The smallest absolute Gasteiger partial charge is 0.0259 e. The van der Waals surface area contributed by atoms with E-state index in [9.17, 15) is 0 Å². The van der Waals surface area contributed by atoms with Crippen molar-refractivity contribution in [3.8, 4) is 0 Å². The van der Waals surface area contributed by atoms with E-state index < -0.39 is 0 Å². The highest BCUT2D eigenvalue weighted by atomic mass is 14.6. The van der Waals surface area contributed by atoms with Crippen molar-refractivity contribution in [3.05, 3.63) is 0 Å². The second-order valence-corrected chi connectivity index (χ2v) is 8.64. The zero-order valence-electron chi connectivity index (χ0n) is 12.2. The largest absolute Gasteiger partial charge is 0.0599 e. The first kappa shape index (κ1) is 12.5. The zero-order valence-corrected chi connectivity index (χ0v) is 12.2. The Kier molecular flexibility index (Phi) is 2.72. The Labute approximate surface area is 102 Å². The molecular weight excluding hydrogens is 192 g/mol. The molecule has 2 aliphatic rings. The van der Waals surface area contributed by atoms with Gasteiger partial charge in [-0.1, -0.05) is 48.0 Å². The summed E-state index contributed by atoms with van der Waals surface area (Å²) in [5.74, 6) is 1.97. The number of hydrogen-bond acceptors (Lipinski definition) is 0. The minimum absolute atomic E-state index is 0.527. The summed E-state index contributed by atoms with van der Waals surface area (Å²) in [5.41, 5.74) is 1.81. The molecule has 0 N–H and O–H groups in total. The summed E-state index contributed by atoms with van der Waals surface area (Å²) in [6.07, 6.45) is 7.51. The molecule has 0 aromatic heterocycles. The lowest BCUT2D eigenvalue weighted by Crippen LogP contribution is -2.48. The third kappa shape index (κ3) is 1.93. The van der Waals surface area contributed by atoms with Gasteiger partial charge in [-0.15, -0.1) is 0 Å². The van der Waals surface area contributed by atoms with Crippen molar-refractivity contribution in [2.24, 2.45) is 28.1 Å². The molecule has 2 saturated carbocycles. The maximum absolute atomic E-state index is 2.45. The van der Waals surface area contributed by atoms with Crippen LogP contribution in [0.2, 0.25) is 0 Å². The third-order valence-corrected chi connectivity index (χ3v) is 5.48. The monoisotopic (exact) mass is 222 g/mol. The van der Waals surface area contributed by atoms with Gasteiger partial charge in [-0.05, 0) is 53.8 Å². The fraction of sp³-hybridized carbons (Fsp3) is 1.00. The van der Waals surface area contributed by atoms with Crippen LogP contribution in [0, 0.1) is 28.1 Å². The van der Waals surface area contributed by atoms with E-state index in [4.69, 9.17) is 0 Å². The molecule has 1 unspecified atom stereocenters. The lowest BCUT2D eigenvalue weighted by molar-refractivity contribution is -0.0729. The molecule has 0 aromatic rings. The molecule has 0 heteroatoms. The van der Waals surface area contributed by atoms with Crippen molar-refractivity contribution in [1.82, 2.24) is 0 Å².